The molecule has 1 heterocycles. The van der Waals surface area contributed by atoms with Gasteiger partial charge in [0.05, 0.1) is 6.10 Å². The van der Waals surface area contributed by atoms with E-state index < -0.39 is 0 Å². The average molecular weight is 265 g/mol. The summed E-state index contributed by atoms with van der Waals surface area (Å²) in [4.78, 5) is 0. The molecule has 3 unspecified atom stereocenters. The van der Waals surface area contributed by atoms with E-state index in [-0.39, 0.29) is 0 Å². The first-order valence-corrected chi connectivity index (χ1v) is 8.44. The predicted octanol–water partition coefficient (Wildman–Crippen LogP) is 3.75. The highest BCUT2D eigenvalue weighted by Crippen LogP contribution is 2.52. The van der Waals surface area contributed by atoms with Crippen LogP contribution in [-0.4, -0.2) is 25.3 Å². The van der Waals surface area contributed by atoms with Crippen molar-refractivity contribution in [1.29, 1.82) is 0 Å². The van der Waals surface area contributed by atoms with Crippen LogP contribution >= 0.6 is 0 Å². The maximum atomic E-state index is 6.01. The van der Waals surface area contributed by atoms with Crippen LogP contribution in [-0.2, 0) is 4.74 Å². The number of hydrogen-bond donors (Lipinski definition) is 1. The summed E-state index contributed by atoms with van der Waals surface area (Å²) in [6.07, 6.45) is 10.2. The predicted molar refractivity (Wildman–Crippen MR) is 79.2 cm³/mol. The molecule has 19 heavy (non-hydrogen) atoms. The molecule has 3 fully saturated rings. The van der Waals surface area contributed by atoms with E-state index in [1.54, 1.807) is 0 Å². The molecule has 0 bridgehead atoms. The van der Waals surface area contributed by atoms with Crippen molar-refractivity contribution in [2.24, 2.45) is 16.7 Å². The second-order valence-electron chi connectivity index (χ2n) is 7.84. The average Bonchev–Trinajstić information content (AvgIpc) is 2.88. The van der Waals surface area contributed by atoms with Gasteiger partial charge in [0, 0.05) is 30.5 Å². The molecule has 3 aliphatic rings. The molecule has 1 N–H and O–H groups in total. The molecule has 1 saturated heterocycles. The van der Waals surface area contributed by atoms with E-state index in [0.29, 0.717) is 23.0 Å². The second kappa shape index (κ2) is 5.04. The zero-order chi connectivity index (χ0) is 13.5. The first-order valence-electron chi connectivity index (χ1n) is 8.44. The number of hydrogen-bond acceptors (Lipinski definition) is 2. The van der Waals surface area contributed by atoms with Crippen LogP contribution in [0, 0.1) is 16.7 Å². The van der Waals surface area contributed by atoms with Gasteiger partial charge in [-0.25, -0.2) is 0 Å². The molecular formula is C17H31NO. The summed E-state index contributed by atoms with van der Waals surface area (Å²) in [5.41, 5.74) is 0.940. The topological polar surface area (TPSA) is 21.3 Å². The van der Waals surface area contributed by atoms with E-state index in [9.17, 15) is 0 Å². The van der Waals surface area contributed by atoms with Gasteiger partial charge in [0.25, 0.3) is 0 Å². The maximum absolute atomic E-state index is 6.01. The lowest BCUT2D eigenvalue weighted by Crippen LogP contribution is -2.70. The zero-order valence-corrected chi connectivity index (χ0v) is 13.0. The summed E-state index contributed by atoms with van der Waals surface area (Å²) < 4.78 is 6.01. The minimum atomic E-state index is 0.332. The Labute approximate surface area is 118 Å². The summed E-state index contributed by atoms with van der Waals surface area (Å²) in [6.45, 7) is 9.39. The Hall–Kier alpha value is -0.0800. The molecule has 2 saturated carbocycles. The summed E-state index contributed by atoms with van der Waals surface area (Å²) in [7, 11) is 0. The number of ether oxygens (including phenoxy) is 1. The second-order valence-corrected chi connectivity index (χ2v) is 7.84. The van der Waals surface area contributed by atoms with Crippen molar-refractivity contribution < 1.29 is 4.74 Å². The Kier molecular flexibility index (Phi) is 3.68. The normalized spacial score (nSPS) is 39.6. The molecule has 2 aliphatic carbocycles. The molecule has 1 aliphatic heterocycles. The van der Waals surface area contributed by atoms with E-state index >= 15 is 0 Å². The van der Waals surface area contributed by atoms with Crippen molar-refractivity contribution in [3.05, 3.63) is 0 Å². The van der Waals surface area contributed by atoms with Gasteiger partial charge in [-0.1, -0.05) is 33.6 Å². The molecule has 0 spiro atoms. The van der Waals surface area contributed by atoms with Crippen LogP contribution in [0.1, 0.15) is 65.7 Å². The lowest BCUT2D eigenvalue weighted by Gasteiger charge is -2.60. The SMILES string of the molecule is CCC1(CNC2C3CCCOC3C2(C)C)CCCC1. The van der Waals surface area contributed by atoms with Gasteiger partial charge in [0.2, 0.25) is 0 Å². The molecule has 3 rings (SSSR count). The van der Waals surface area contributed by atoms with Crippen LogP contribution in [0.4, 0.5) is 0 Å². The summed E-state index contributed by atoms with van der Waals surface area (Å²) in [6, 6.07) is 0.682. The minimum Gasteiger partial charge on any atom is -0.377 e. The highest BCUT2D eigenvalue weighted by Gasteiger charge is 2.57. The quantitative estimate of drug-likeness (QED) is 0.836. The minimum absolute atomic E-state index is 0.332. The fraction of sp³-hybridized carbons (Fsp3) is 1.00. The molecule has 0 amide bonds. The van der Waals surface area contributed by atoms with Crippen molar-refractivity contribution in [2.75, 3.05) is 13.2 Å². The van der Waals surface area contributed by atoms with Gasteiger partial charge in [-0.05, 0) is 37.5 Å². The van der Waals surface area contributed by atoms with Gasteiger partial charge < -0.3 is 10.1 Å². The molecule has 2 heteroatoms. The highest BCUT2D eigenvalue weighted by molar-refractivity contribution is 5.10. The van der Waals surface area contributed by atoms with Gasteiger partial charge in [0.15, 0.2) is 0 Å². The third-order valence-corrected chi connectivity index (χ3v) is 6.44. The van der Waals surface area contributed by atoms with Gasteiger partial charge >= 0.3 is 0 Å². The van der Waals surface area contributed by atoms with E-state index in [4.69, 9.17) is 4.74 Å². The van der Waals surface area contributed by atoms with Gasteiger partial charge in [-0.15, -0.1) is 0 Å². The monoisotopic (exact) mass is 265 g/mol. The number of nitrogens with one attached hydrogen (secondary N) is 1. The molecule has 0 aromatic heterocycles. The molecule has 3 atom stereocenters. The van der Waals surface area contributed by atoms with Crippen molar-refractivity contribution in [3.63, 3.8) is 0 Å². The van der Waals surface area contributed by atoms with Crippen molar-refractivity contribution >= 4 is 0 Å². The Bertz CT molecular complexity index is 319. The van der Waals surface area contributed by atoms with Crippen LogP contribution in [0.25, 0.3) is 0 Å². The van der Waals surface area contributed by atoms with E-state index in [2.05, 4.69) is 26.1 Å². The van der Waals surface area contributed by atoms with Crippen LogP contribution < -0.4 is 5.32 Å². The van der Waals surface area contributed by atoms with Gasteiger partial charge in [-0.3, -0.25) is 0 Å². The van der Waals surface area contributed by atoms with Crippen molar-refractivity contribution in [2.45, 2.75) is 77.9 Å². The smallest absolute Gasteiger partial charge is 0.0684 e. The fourth-order valence-corrected chi connectivity index (χ4v) is 5.04. The Morgan fingerprint density at radius 2 is 1.89 bits per heavy atom. The number of rotatable bonds is 4. The molecular weight excluding hydrogens is 234 g/mol. The standard InChI is InChI=1S/C17H31NO/c1-4-17(9-5-6-10-17)12-18-14-13-8-7-11-19-15(13)16(14,2)3/h13-15,18H,4-12H2,1-3H3. The van der Waals surface area contributed by atoms with Gasteiger partial charge in [-0.2, -0.15) is 0 Å². The van der Waals surface area contributed by atoms with Crippen LogP contribution in [0.5, 0.6) is 0 Å². The lowest BCUT2D eigenvalue weighted by atomic mass is 9.55. The molecule has 0 aromatic rings. The fourth-order valence-electron chi connectivity index (χ4n) is 5.04. The van der Waals surface area contributed by atoms with Crippen molar-refractivity contribution in [1.82, 2.24) is 5.32 Å². The van der Waals surface area contributed by atoms with E-state index in [1.165, 1.54) is 51.5 Å². The molecule has 2 nitrogen and oxygen atoms in total. The Morgan fingerprint density at radius 3 is 2.58 bits per heavy atom. The largest absolute Gasteiger partial charge is 0.377 e. The summed E-state index contributed by atoms with van der Waals surface area (Å²) in [5, 5.41) is 3.96. The molecule has 0 aromatic carbocycles. The van der Waals surface area contributed by atoms with Crippen molar-refractivity contribution in [3.8, 4) is 0 Å². The third kappa shape index (κ3) is 2.25. The Morgan fingerprint density at radius 1 is 1.16 bits per heavy atom. The maximum Gasteiger partial charge on any atom is 0.0684 e. The lowest BCUT2D eigenvalue weighted by molar-refractivity contribution is -0.193. The summed E-state index contributed by atoms with van der Waals surface area (Å²) in [5.74, 6) is 0.777. The van der Waals surface area contributed by atoms with Gasteiger partial charge in [0.1, 0.15) is 0 Å². The molecule has 110 valence electrons. The van der Waals surface area contributed by atoms with E-state index in [1.807, 2.05) is 0 Å². The highest BCUT2D eigenvalue weighted by atomic mass is 16.5. The van der Waals surface area contributed by atoms with Crippen LogP contribution in [0.3, 0.4) is 0 Å². The summed E-state index contributed by atoms with van der Waals surface area (Å²) >= 11 is 0. The van der Waals surface area contributed by atoms with E-state index in [0.717, 1.165) is 12.5 Å². The zero-order valence-electron chi connectivity index (χ0n) is 13.0. The first-order chi connectivity index (χ1) is 9.09. The number of fused-ring (bicyclic) bond motifs is 1. The molecule has 0 radical (unpaired) electrons. The first kappa shape index (κ1) is 13.9. The van der Waals surface area contributed by atoms with Crippen LogP contribution in [0.2, 0.25) is 0 Å². The van der Waals surface area contributed by atoms with Crippen LogP contribution in [0.15, 0.2) is 0 Å². The Balaban J connectivity index is 1.60. The third-order valence-electron chi connectivity index (χ3n) is 6.44.